The van der Waals surface area contributed by atoms with Crippen molar-refractivity contribution in [2.24, 2.45) is 0 Å². The van der Waals surface area contributed by atoms with Gasteiger partial charge in [-0.15, -0.1) is 0 Å². The second-order valence-electron chi connectivity index (χ2n) is 5.79. The van der Waals surface area contributed by atoms with E-state index in [1.54, 1.807) is 24.3 Å². The predicted molar refractivity (Wildman–Crippen MR) is 83.5 cm³/mol. The van der Waals surface area contributed by atoms with Gasteiger partial charge >= 0.3 is 5.97 Å². The maximum atomic E-state index is 13.9. The van der Waals surface area contributed by atoms with Crippen LogP contribution in [0.4, 0.5) is 4.39 Å². The first-order valence-corrected chi connectivity index (χ1v) is 7.53. The van der Waals surface area contributed by atoms with E-state index in [-0.39, 0.29) is 12.4 Å². The summed E-state index contributed by atoms with van der Waals surface area (Å²) in [6.07, 6.45) is 0.638. The van der Waals surface area contributed by atoms with Crippen LogP contribution in [0.1, 0.15) is 32.6 Å². The van der Waals surface area contributed by atoms with Gasteiger partial charge in [-0.05, 0) is 41.3 Å². The predicted octanol–water partition coefficient (Wildman–Crippen LogP) is 2.57. The van der Waals surface area contributed by atoms with Crippen LogP contribution in [0.25, 0.3) is 0 Å². The smallest absolute Gasteiger partial charge is 0.335 e. The molecule has 1 heterocycles. The van der Waals surface area contributed by atoms with E-state index in [1.807, 2.05) is 6.07 Å². The molecule has 1 aliphatic rings. The Hall–Kier alpha value is -2.24. The summed E-state index contributed by atoms with van der Waals surface area (Å²) in [4.78, 5) is 13.4. The standard InChI is InChI=1S/C18H18FNO3/c19-17-5-4-12(11-21)8-14(17)10-20-7-6-15-13(9-20)2-1-3-16(15)18(22)23/h1-5,8,21H,6-7,9-11H2,(H,22,23). The van der Waals surface area contributed by atoms with E-state index < -0.39 is 5.97 Å². The maximum absolute atomic E-state index is 13.9. The summed E-state index contributed by atoms with van der Waals surface area (Å²) >= 11 is 0. The van der Waals surface area contributed by atoms with Crippen LogP contribution in [0.5, 0.6) is 0 Å². The van der Waals surface area contributed by atoms with Crippen molar-refractivity contribution in [1.82, 2.24) is 4.90 Å². The number of aliphatic hydroxyl groups excluding tert-OH is 1. The molecule has 2 aromatic carbocycles. The fraction of sp³-hybridized carbons (Fsp3) is 0.278. The van der Waals surface area contributed by atoms with Crippen LogP contribution in [0.3, 0.4) is 0 Å². The van der Waals surface area contributed by atoms with Gasteiger partial charge in [0.1, 0.15) is 5.82 Å². The van der Waals surface area contributed by atoms with Gasteiger partial charge < -0.3 is 10.2 Å². The van der Waals surface area contributed by atoms with Crippen molar-refractivity contribution < 1.29 is 19.4 Å². The highest BCUT2D eigenvalue weighted by atomic mass is 19.1. The zero-order valence-corrected chi connectivity index (χ0v) is 12.6. The molecule has 0 saturated heterocycles. The molecule has 1 aliphatic heterocycles. The van der Waals surface area contributed by atoms with Crippen molar-refractivity contribution in [2.45, 2.75) is 26.1 Å². The first kappa shape index (κ1) is 15.6. The lowest BCUT2D eigenvalue weighted by molar-refractivity contribution is 0.0694. The van der Waals surface area contributed by atoms with Gasteiger partial charge in [0.05, 0.1) is 12.2 Å². The summed E-state index contributed by atoms with van der Waals surface area (Å²) < 4.78 is 13.9. The molecule has 0 aliphatic carbocycles. The molecule has 0 amide bonds. The fourth-order valence-electron chi connectivity index (χ4n) is 3.09. The van der Waals surface area contributed by atoms with Gasteiger partial charge in [-0.2, -0.15) is 0 Å². The number of carboxylic acid groups (broad SMARTS) is 1. The van der Waals surface area contributed by atoms with Gasteiger partial charge in [-0.3, -0.25) is 4.90 Å². The van der Waals surface area contributed by atoms with E-state index >= 15 is 0 Å². The molecule has 23 heavy (non-hydrogen) atoms. The van der Waals surface area contributed by atoms with Gasteiger partial charge in [-0.1, -0.05) is 18.2 Å². The van der Waals surface area contributed by atoms with Crippen LogP contribution in [0.15, 0.2) is 36.4 Å². The molecule has 0 spiro atoms. The Morgan fingerprint density at radius 3 is 2.83 bits per heavy atom. The number of hydrogen-bond acceptors (Lipinski definition) is 3. The van der Waals surface area contributed by atoms with Crippen molar-refractivity contribution in [3.05, 3.63) is 70.0 Å². The molecule has 0 atom stereocenters. The third-order valence-electron chi connectivity index (χ3n) is 4.26. The average molecular weight is 315 g/mol. The number of fused-ring (bicyclic) bond motifs is 1. The molecule has 2 N–H and O–H groups in total. The van der Waals surface area contributed by atoms with Gasteiger partial charge in [0.15, 0.2) is 0 Å². The van der Waals surface area contributed by atoms with Crippen LogP contribution < -0.4 is 0 Å². The van der Waals surface area contributed by atoms with E-state index in [9.17, 15) is 19.4 Å². The van der Waals surface area contributed by atoms with Crippen LogP contribution in [-0.4, -0.2) is 27.6 Å². The highest BCUT2D eigenvalue weighted by Crippen LogP contribution is 2.24. The monoisotopic (exact) mass is 315 g/mol. The van der Waals surface area contributed by atoms with Gasteiger partial charge in [0.2, 0.25) is 0 Å². The van der Waals surface area contributed by atoms with Crippen molar-refractivity contribution in [3.8, 4) is 0 Å². The van der Waals surface area contributed by atoms with Crippen LogP contribution in [0.2, 0.25) is 0 Å². The number of aromatic carboxylic acids is 1. The summed E-state index contributed by atoms with van der Waals surface area (Å²) in [5, 5.41) is 18.4. The second-order valence-corrected chi connectivity index (χ2v) is 5.79. The minimum Gasteiger partial charge on any atom is -0.478 e. The van der Waals surface area contributed by atoms with Crippen molar-refractivity contribution >= 4 is 5.97 Å². The normalized spacial score (nSPS) is 14.5. The molecule has 0 bridgehead atoms. The molecule has 120 valence electrons. The first-order chi connectivity index (χ1) is 11.1. The van der Waals surface area contributed by atoms with Crippen LogP contribution in [0, 0.1) is 5.82 Å². The number of aliphatic hydroxyl groups is 1. The largest absolute Gasteiger partial charge is 0.478 e. The lowest BCUT2D eigenvalue weighted by Crippen LogP contribution is -2.31. The fourth-order valence-corrected chi connectivity index (χ4v) is 3.09. The Morgan fingerprint density at radius 1 is 1.26 bits per heavy atom. The average Bonchev–Trinajstić information content (AvgIpc) is 2.56. The minimum atomic E-state index is -0.906. The van der Waals surface area contributed by atoms with Crippen LogP contribution >= 0.6 is 0 Å². The molecule has 0 fully saturated rings. The Labute approximate surface area is 133 Å². The van der Waals surface area contributed by atoms with Crippen molar-refractivity contribution in [3.63, 3.8) is 0 Å². The zero-order chi connectivity index (χ0) is 16.4. The zero-order valence-electron chi connectivity index (χ0n) is 12.6. The summed E-state index contributed by atoms with van der Waals surface area (Å²) in [6, 6.07) is 9.93. The van der Waals surface area contributed by atoms with Crippen molar-refractivity contribution in [2.75, 3.05) is 6.54 Å². The van der Waals surface area contributed by atoms with E-state index in [0.29, 0.717) is 42.7 Å². The molecular weight excluding hydrogens is 297 g/mol. The highest BCUT2D eigenvalue weighted by Gasteiger charge is 2.21. The number of rotatable bonds is 4. The quantitative estimate of drug-likeness (QED) is 0.910. The lowest BCUT2D eigenvalue weighted by atomic mass is 9.94. The van der Waals surface area contributed by atoms with E-state index in [1.165, 1.54) is 6.07 Å². The molecule has 0 unspecified atom stereocenters. The third kappa shape index (κ3) is 3.25. The second kappa shape index (κ2) is 6.48. The number of benzene rings is 2. The lowest BCUT2D eigenvalue weighted by Gasteiger charge is -2.29. The van der Waals surface area contributed by atoms with Crippen LogP contribution in [-0.2, 0) is 26.1 Å². The van der Waals surface area contributed by atoms with E-state index in [4.69, 9.17) is 0 Å². The number of hydrogen-bond donors (Lipinski definition) is 2. The van der Waals surface area contributed by atoms with E-state index in [0.717, 1.165) is 11.1 Å². The van der Waals surface area contributed by atoms with Gasteiger partial charge in [0, 0.05) is 25.2 Å². The summed E-state index contributed by atoms with van der Waals surface area (Å²) in [5.74, 6) is -1.19. The molecule has 4 nitrogen and oxygen atoms in total. The van der Waals surface area contributed by atoms with Gasteiger partial charge in [0.25, 0.3) is 0 Å². The number of carbonyl (C=O) groups is 1. The molecule has 0 aromatic heterocycles. The summed E-state index contributed by atoms with van der Waals surface area (Å²) in [6.45, 7) is 1.60. The first-order valence-electron chi connectivity index (χ1n) is 7.53. The molecule has 3 rings (SSSR count). The molecule has 0 saturated carbocycles. The Balaban J connectivity index is 1.81. The van der Waals surface area contributed by atoms with E-state index in [2.05, 4.69) is 4.90 Å². The molecule has 5 heteroatoms. The molecular formula is C18H18FNO3. The third-order valence-corrected chi connectivity index (χ3v) is 4.26. The molecule has 0 radical (unpaired) electrons. The Morgan fingerprint density at radius 2 is 2.09 bits per heavy atom. The SMILES string of the molecule is O=C(O)c1cccc2c1CCN(Cc1cc(CO)ccc1F)C2. The summed E-state index contributed by atoms with van der Waals surface area (Å²) in [7, 11) is 0. The maximum Gasteiger partial charge on any atom is 0.335 e. The number of nitrogens with zero attached hydrogens (tertiary/aromatic N) is 1. The number of carboxylic acids is 1. The molecule has 2 aromatic rings. The number of halogens is 1. The summed E-state index contributed by atoms with van der Waals surface area (Å²) in [5.41, 5.74) is 3.45. The Bertz CT molecular complexity index is 745. The highest BCUT2D eigenvalue weighted by molar-refractivity contribution is 5.89. The van der Waals surface area contributed by atoms with Crippen molar-refractivity contribution in [1.29, 1.82) is 0 Å². The Kier molecular flexibility index (Phi) is 4.41. The van der Waals surface area contributed by atoms with Gasteiger partial charge in [-0.25, -0.2) is 9.18 Å². The topological polar surface area (TPSA) is 60.8 Å². The minimum absolute atomic E-state index is 0.113.